The van der Waals surface area contributed by atoms with Gasteiger partial charge in [-0.25, -0.2) is 13.2 Å². The van der Waals surface area contributed by atoms with Crippen molar-refractivity contribution in [1.82, 2.24) is 9.78 Å². The smallest absolute Gasteiger partial charge is 0.270 e. The summed E-state index contributed by atoms with van der Waals surface area (Å²) in [7, 11) is 0. The lowest BCUT2D eigenvalue weighted by Gasteiger charge is -2.25. The van der Waals surface area contributed by atoms with Gasteiger partial charge in [0.2, 0.25) is 5.91 Å². The molecule has 144 valence electrons. The molecule has 0 spiro atoms. The van der Waals surface area contributed by atoms with Crippen molar-refractivity contribution in [2.24, 2.45) is 0 Å². The minimum atomic E-state index is -1.57. The average molecular weight is 399 g/mol. The zero-order valence-corrected chi connectivity index (χ0v) is 14.9. The molecular formula is C17H16F3N3O3S. The number of carbonyl (C=O) groups is 1. The summed E-state index contributed by atoms with van der Waals surface area (Å²) >= 11 is 1.06. The lowest BCUT2D eigenvalue weighted by Crippen LogP contribution is -2.24. The number of carbonyl (C=O) groups excluding carboxylic acids is 1. The van der Waals surface area contributed by atoms with Crippen LogP contribution in [0, 0.1) is 17.5 Å². The Bertz CT molecular complexity index is 930. The minimum absolute atomic E-state index is 0.00677. The first-order valence-electron chi connectivity index (χ1n) is 8.43. The Labute approximate surface area is 156 Å². The van der Waals surface area contributed by atoms with Crippen LogP contribution >= 0.6 is 11.8 Å². The summed E-state index contributed by atoms with van der Waals surface area (Å²) in [6, 6.07) is 1.66. The molecule has 2 aliphatic heterocycles. The highest BCUT2D eigenvalue weighted by molar-refractivity contribution is 8.00. The molecule has 0 bridgehead atoms. The van der Waals surface area contributed by atoms with Gasteiger partial charge >= 0.3 is 0 Å². The third-order valence-corrected chi connectivity index (χ3v) is 6.00. The largest absolute Gasteiger partial charge is 0.381 e. The molecule has 1 saturated heterocycles. The summed E-state index contributed by atoms with van der Waals surface area (Å²) in [5.41, 5.74) is -0.173. The number of amides is 1. The van der Waals surface area contributed by atoms with Crippen molar-refractivity contribution in [3.8, 4) is 0 Å². The maximum Gasteiger partial charge on any atom is 0.270 e. The van der Waals surface area contributed by atoms with Crippen molar-refractivity contribution < 1.29 is 22.7 Å². The summed E-state index contributed by atoms with van der Waals surface area (Å²) in [4.78, 5) is 24.8. The fraction of sp³-hybridized carbons (Fsp3) is 0.412. The molecule has 1 aromatic heterocycles. The van der Waals surface area contributed by atoms with Gasteiger partial charge in [-0.3, -0.25) is 19.4 Å². The Balaban J connectivity index is 1.84. The van der Waals surface area contributed by atoms with E-state index in [9.17, 15) is 22.8 Å². The Morgan fingerprint density at radius 2 is 1.78 bits per heavy atom. The molecule has 2 aliphatic rings. The highest BCUT2D eigenvalue weighted by Gasteiger charge is 2.33. The molecule has 4 rings (SSSR count). The SMILES string of the molecule is O=C1CS[C@@H](c2cc(F)c(F)c(F)c2)c2c(n(C3CCOCC3)[nH]c2=O)N1. The molecule has 2 N–H and O–H groups in total. The Morgan fingerprint density at radius 1 is 1.11 bits per heavy atom. The quantitative estimate of drug-likeness (QED) is 0.762. The summed E-state index contributed by atoms with van der Waals surface area (Å²) in [5.74, 6) is -4.29. The number of anilines is 1. The number of thioether (sulfide) groups is 1. The van der Waals surface area contributed by atoms with Crippen LogP contribution in [0.25, 0.3) is 0 Å². The molecule has 6 nitrogen and oxygen atoms in total. The highest BCUT2D eigenvalue weighted by atomic mass is 32.2. The van der Waals surface area contributed by atoms with Crippen LogP contribution in [-0.2, 0) is 9.53 Å². The zero-order valence-electron chi connectivity index (χ0n) is 14.1. The van der Waals surface area contributed by atoms with Gasteiger partial charge in [-0.2, -0.15) is 0 Å². The van der Waals surface area contributed by atoms with E-state index in [4.69, 9.17) is 4.74 Å². The molecule has 27 heavy (non-hydrogen) atoms. The molecule has 0 radical (unpaired) electrons. The van der Waals surface area contributed by atoms with E-state index in [0.717, 1.165) is 23.9 Å². The highest BCUT2D eigenvalue weighted by Crippen LogP contribution is 2.41. The van der Waals surface area contributed by atoms with Crippen molar-refractivity contribution in [3.63, 3.8) is 0 Å². The summed E-state index contributed by atoms with van der Waals surface area (Å²) in [6.45, 7) is 1.06. The zero-order chi connectivity index (χ0) is 19.1. The van der Waals surface area contributed by atoms with E-state index in [1.165, 1.54) is 0 Å². The predicted octanol–water partition coefficient (Wildman–Crippen LogP) is 2.72. The van der Waals surface area contributed by atoms with Gasteiger partial charge in [-0.1, -0.05) is 0 Å². The van der Waals surface area contributed by atoms with Crippen LogP contribution in [0.15, 0.2) is 16.9 Å². The number of rotatable bonds is 2. The molecule has 1 atom stereocenters. The van der Waals surface area contributed by atoms with Gasteiger partial charge in [0.15, 0.2) is 17.5 Å². The van der Waals surface area contributed by atoms with E-state index >= 15 is 0 Å². The molecule has 0 unspecified atom stereocenters. The molecule has 10 heteroatoms. The minimum Gasteiger partial charge on any atom is -0.381 e. The standard InChI is InChI=1S/C17H16F3N3O3S/c18-10-5-8(6-11(19)14(10)20)15-13-16(21-12(24)7-27-15)23(22-17(13)25)9-1-3-26-4-2-9/h5-6,9,15H,1-4,7H2,(H,21,24)(H,22,25)/t15-/m0/s1. The molecule has 1 fully saturated rings. The normalized spacial score (nSPS) is 20.9. The topological polar surface area (TPSA) is 76.1 Å². The van der Waals surface area contributed by atoms with Crippen molar-refractivity contribution in [1.29, 1.82) is 0 Å². The van der Waals surface area contributed by atoms with Crippen molar-refractivity contribution in [2.45, 2.75) is 24.1 Å². The second-order valence-corrected chi connectivity index (χ2v) is 7.55. The van der Waals surface area contributed by atoms with E-state index < -0.39 is 28.3 Å². The maximum atomic E-state index is 13.7. The molecule has 3 heterocycles. The number of fused-ring (bicyclic) bond motifs is 1. The third-order valence-electron chi connectivity index (χ3n) is 4.73. The van der Waals surface area contributed by atoms with E-state index in [0.29, 0.717) is 26.1 Å². The molecule has 2 aromatic rings. The first-order valence-corrected chi connectivity index (χ1v) is 9.48. The van der Waals surface area contributed by atoms with Crippen LogP contribution in [-0.4, -0.2) is 34.7 Å². The summed E-state index contributed by atoms with van der Waals surface area (Å²) in [6.07, 6.45) is 1.31. The number of benzene rings is 1. The predicted molar refractivity (Wildman–Crippen MR) is 93.4 cm³/mol. The van der Waals surface area contributed by atoms with Crippen LogP contribution in [0.1, 0.15) is 35.3 Å². The molecule has 1 amide bonds. The van der Waals surface area contributed by atoms with Gasteiger partial charge < -0.3 is 10.1 Å². The van der Waals surface area contributed by atoms with E-state index in [1.54, 1.807) is 4.68 Å². The van der Waals surface area contributed by atoms with Crippen LogP contribution < -0.4 is 10.9 Å². The van der Waals surface area contributed by atoms with Gasteiger partial charge in [0.25, 0.3) is 5.56 Å². The fourth-order valence-corrected chi connectivity index (χ4v) is 4.55. The number of aromatic amines is 1. The van der Waals surface area contributed by atoms with Crippen LogP contribution in [0.3, 0.4) is 0 Å². The first kappa shape index (κ1) is 18.2. The number of halogens is 3. The number of nitrogens with zero attached hydrogens (tertiary/aromatic N) is 1. The van der Waals surface area contributed by atoms with Crippen molar-refractivity contribution in [2.75, 3.05) is 24.3 Å². The Morgan fingerprint density at radius 3 is 2.44 bits per heavy atom. The lowest BCUT2D eigenvalue weighted by molar-refractivity contribution is -0.113. The van der Waals surface area contributed by atoms with Crippen molar-refractivity contribution in [3.05, 3.63) is 51.1 Å². The van der Waals surface area contributed by atoms with Crippen LogP contribution in [0.5, 0.6) is 0 Å². The van der Waals surface area contributed by atoms with Gasteiger partial charge in [-0.05, 0) is 30.5 Å². The summed E-state index contributed by atoms with van der Waals surface area (Å²) in [5, 5.41) is 4.64. The van der Waals surface area contributed by atoms with Gasteiger partial charge in [0, 0.05) is 13.2 Å². The Kier molecular flexibility index (Phi) is 4.77. The third kappa shape index (κ3) is 3.27. The van der Waals surface area contributed by atoms with Gasteiger partial charge in [-0.15, -0.1) is 11.8 Å². The maximum absolute atomic E-state index is 13.7. The Hall–Kier alpha value is -2.20. The van der Waals surface area contributed by atoms with E-state index in [1.807, 2.05) is 0 Å². The van der Waals surface area contributed by atoms with E-state index in [2.05, 4.69) is 10.4 Å². The molecule has 1 aromatic carbocycles. The molecule has 0 aliphatic carbocycles. The van der Waals surface area contributed by atoms with Crippen LogP contribution in [0.2, 0.25) is 0 Å². The van der Waals surface area contributed by atoms with Crippen molar-refractivity contribution >= 4 is 23.5 Å². The summed E-state index contributed by atoms with van der Waals surface area (Å²) < 4.78 is 47.7. The first-order chi connectivity index (χ1) is 13.0. The number of aromatic nitrogens is 2. The van der Waals surface area contributed by atoms with E-state index in [-0.39, 0.29) is 34.6 Å². The van der Waals surface area contributed by atoms with Crippen LogP contribution in [0.4, 0.5) is 19.0 Å². The second kappa shape index (κ2) is 7.08. The number of H-pyrrole nitrogens is 1. The number of nitrogens with one attached hydrogen (secondary N) is 2. The monoisotopic (exact) mass is 399 g/mol. The molecular weight excluding hydrogens is 383 g/mol. The fourth-order valence-electron chi connectivity index (χ4n) is 3.45. The van der Waals surface area contributed by atoms with Gasteiger partial charge in [0.05, 0.1) is 22.6 Å². The second-order valence-electron chi connectivity index (χ2n) is 6.45. The number of hydrogen-bond acceptors (Lipinski definition) is 4. The van der Waals surface area contributed by atoms with Gasteiger partial charge in [0.1, 0.15) is 5.82 Å². The number of hydrogen-bond donors (Lipinski definition) is 2. The molecule has 0 saturated carbocycles. The number of ether oxygens (including phenoxy) is 1. The lowest BCUT2D eigenvalue weighted by atomic mass is 10.0. The average Bonchev–Trinajstić information content (AvgIpc) is 2.85.